The Morgan fingerprint density at radius 3 is 2.76 bits per heavy atom. The first-order valence-corrected chi connectivity index (χ1v) is 6.09. The van der Waals surface area contributed by atoms with Crippen LogP contribution in [-0.2, 0) is 22.7 Å². The van der Waals surface area contributed by atoms with E-state index in [0.717, 1.165) is 11.1 Å². The number of aliphatic carboxylic acids is 1. The largest absolute Gasteiger partial charge is 0.481 e. The van der Waals surface area contributed by atoms with Gasteiger partial charge in [-0.05, 0) is 17.2 Å². The van der Waals surface area contributed by atoms with E-state index in [1.807, 2.05) is 6.07 Å². The van der Waals surface area contributed by atoms with Crippen LogP contribution < -0.4 is 0 Å². The third-order valence-corrected chi connectivity index (χ3v) is 3.38. The molecule has 0 fully saturated rings. The first-order valence-electron chi connectivity index (χ1n) is 5.17. The molecule has 0 radical (unpaired) electrons. The van der Waals surface area contributed by atoms with Crippen LogP contribution in [0.1, 0.15) is 27.9 Å². The van der Waals surface area contributed by atoms with Crippen molar-refractivity contribution in [3.05, 3.63) is 34.9 Å². The molecule has 1 aromatic carbocycles. The lowest BCUT2D eigenvalue weighted by Gasteiger charge is -2.07. The third-order valence-electron chi connectivity index (χ3n) is 2.64. The summed E-state index contributed by atoms with van der Waals surface area (Å²) < 4.78 is 5.26. The fourth-order valence-corrected chi connectivity index (χ4v) is 2.29. The van der Waals surface area contributed by atoms with E-state index >= 15 is 0 Å². The molecular weight excluding hydrogens is 288 g/mol. The Morgan fingerprint density at radius 1 is 1.35 bits per heavy atom. The summed E-state index contributed by atoms with van der Waals surface area (Å²) in [5.41, 5.74) is 2.62. The minimum Gasteiger partial charge on any atom is -0.481 e. The van der Waals surface area contributed by atoms with Crippen molar-refractivity contribution in [2.75, 3.05) is 0 Å². The Labute approximate surface area is 107 Å². The molecule has 90 valence electrons. The zero-order chi connectivity index (χ0) is 12.4. The van der Waals surface area contributed by atoms with Gasteiger partial charge < -0.3 is 9.84 Å². The number of fused-ring (bicyclic) bond motifs is 1. The summed E-state index contributed by atoms with van der Waals surface area (Å²) in [4.78, 5) is 21.8. The maximum Gasteiger partial charge on any atom is 0.304 e. The van der Waals surface area contributed by atoms with E-state index in [4.69, 9.17) is 9.84 Å². The molecule has 0 saturated carbocycles. The van der Waals surface area contributed by atoms with Crippen LogP contribution in [0.25, 0.3) is 0 Å². The van der Waals surface area contributed by atoms with Gasteiger partial charge in [0.2, 0.25) is 0 Å². The normalized spacial score (nSPS) is 15.4. The number of rotatable bonds is 4. The molecule has 2 rings (SSSR count). The second-order valence-electron chi connectivity index (χ2n) is 3.91. The molecule has 1 aliphatic heterocycles. The standard InChI is InChI=1S/C12H11BrO4/c13-10(4-11(14)15)12(16)7-1-2-8-5-17-6-9(8)3-7/h1-3,10H,4-6H2,(H,14,15). The monoisotopic (exact) mass is 298 g/mol. The lowest BCUT2D eigenvalue weighted by molar-refractivity contribution is -0.136. The molecule has 1 unspecified atom stereocenters. The quantitative estimate of drug-likeness (QED) is 0.683. The molecule has 0 spiro atoms. The van der Waals surface area contributed by atoms with Crippen LogP contribution >= 0.6 is 15.9 Å². The highest BCUT2D eigenvalue weighted by atomic mass is 79.9. The highest BCUT2D eigenvalue weighted by Crippen LogP contribution is 2.23. The van der Waals surface area contributed by atoms with Crippen molar-refractivity contribution in [1.82, 2.24) is 0 Å². The minimum atomic E-state index is -0.996. The Kier molecular flexibility index (Phi) is 3.59. The van der Waals surface area contributed by atoms with Crippen molar-refractivity contribution in [3.63, 3.8) is 0 Å². The van der Waals surface area contributed by atoms with E-state index in [1.54, 1.807) is 12.1 Å². The van der Waals surface area contributed by atoms with Crippen LogP contribution in [0.5, 0.6) is 0 Å². The zero-order valence-corrected chi connectivity index (χ0v) is 10.6. The number of carboxylic acids is 1. The van der Waals surface area contributed by atoms with Crippen LogP contribution in [0, 0.1) is 0 Å². The predicted octanol–water partition coefficient (Wildman–Crippen LogP) is 2.14. The number of hydrogen-bond donors (Lipinski definition) is 1. The molecule has 4 nitrogen and oxygen atoms in total. The molecule has 0 bridgehead atoms. The number of carbonyl (C=O) groups excluding carboxylic acids is 1. The molecule has 1 N–H and O–H groups in total. The van der Waals surface area contributed by atoms with Crippen LogP contribution in [0.15, 0.2) is 18.2 Å². The molecule has 0 aliphatic carbocycles. The van der Waals surface area contributed by atoms with Gasteiger partial charge in [-0.1, -0.05) is 28.1 Å². The van der Waals surface area contributed by atoms with E-state index in [0.29, 0.717) is 18.8 Å². The second-order valence-corrected chi connectivity index (χ2v) is 5.01. The molecule has 0 saturated heterocycles. The summed E-state index contributed by atoms with van der Waals surface area (Å²) in [6.45, 7) is 1.10. The SMILES string of the molecule is O=C(O)CC(Br)C(=O)c1ccc2c(c1)COC2. The maximum atomic E-state index is 11.9. The number of halogens is 1. The van der Waals surface area contributed by atoms with Gasteiger partial charge in [0.25, 0.3) is 0 Å². The van der Waals surface area contributed by atoms with E-state index < -0.39 is 10.8 Å². The summed E-state index contributed by atoms with van der Waals surface area (Å²) in [5.74, 6) is -1.20. The molecule has 1 atom stereocenters. The van der Waals surface area contributed by atoms with Gasteiger partial charge in [0.1, 0.15) is 0 Å². The van der Waals surface area contributed by atoms with Crippen LogP contribution in [-0.4, -0.2) is 21.7 Å². The number of benzene rings is 1. The van der Waals surface area contributed by atoms with Crippen molar-refractivity contribution in [2.24, 2.45) is 0 Å². The summed E-state index contributed by atoms with van der Waals surface area (Å²) in [5, 5.41) is 8.63. The van der Waals surface area contributed by atoms with Gasteiger partial charge in [-0.15, -0.1) is 0 Å². The highest BCUT2D eigenvalue weighted by Gasteiger charge is 2.21. The summed E-state index contributed by atoms with van der Waals surface area (Å²) in [7, 11) is 0. The highest BCUT2D eigenvalue weighted by molar-refractivity contribution is 9.10. The van der Waals surface area contributed by atoms with Crippen molar-refractivity contribution in [2.45, 2.75) is 24.5 Å². The number of ketones is 1. The van der Waals surface area contributed by atoms with Gasteiger partial charge in [-0.2, -0.15) is 0 Å². The average Bonchev–Trinajstić information content (AvgIpc) is 2.73. The predicted molar refractivity (Wildman–Crippen MR) is 64.2 cm³/mol. The van der Waals surface area contributed by atoms with Gasteiger partial charge in [0.05, 0.1) is 24.5 Å². The molecule has 0 aromatic heterocycles. The second kappa shape index (κ2) is 4.98. The Bertz CT molecular complexity index is 470. The molecule has 1 heterocycles. The molecule has 17 heavy (non-hydrogen) atoms. The Hall–Kier alpha value is -1.20. The number of ether oxygens (including phenoxy) is 1. The smallest absolute Gasteiger partial charge is 0.304 e. The fraction of sp³-hybridized carbons (Fsp3) is 0.333. The maximum absolute atomic E-state index is 11.9. The molecule has 1 aromatic rings. The van der Waals surface area contributed by atoms with E-state index in [-0.39, 0.29) is 12.2 Å². The number of Topliss-reactive ketones (excluding diaryl/α,β-unsaturated/α-hetero) is 1. The van der Waals surface area contributed by atoms with Gasteiger partial charge in [-0.25, -0.2) is 0 Å². The fourth-order valence-electron chi connectivity index (χ4n) is 1.75. The van der Waals surface area contributed by atoms with E-state index in [2.05, 4.69) is 15.9 Å². The molecule has 1 aliphatic rings. The zero-order valence-electron chi connectivity index (χ0n) is 8.98. The van der Waals surface area contributed by atoms with Gasteiger partial charge in [0, 0.05) is 5.56 Å². The lowest BCUT2D eigenvalue weighted by Crippen LogP contribution is -2.18. The third kappa shape index (κ3) is 2.73. The number of carboxylic acid groups (broad SMARTS) is 1. The average molecular weight is 299 g/mol. The molecule has 5 heteroatoms. The van der Waals surface area contributed by atoms with Crippen LogP contribution in [0.4, 0.5) is 0 Å². The number of carbonyl (C=O) groups is 2. The van der Waals surface area contributed by atoms with Crippen molar-refractivity contribution in [1.29, 1.82) is 0 Å². The van der Waals surface area contributed by atoms with Crippen LogP contribution in [0.2, 0.25) is 0 Å². The van der Waals surface area contributed by atoms with Crippen molar-refractivity contribution >= 4 is 27.7 Å². The first kappa shape index (κ1) is 12.3. The number of alkyl halides is 1. The summed E-state index contributed by atoms with van der Waals surface area (Å²) in [6, 6.07) is 5.35. The minimum absolute atomic E-state index is 0.206. The van der Waals surface area contributed by atoms with Gasteiger partial charge >= 0.3 is 5.97 Å². The van der Waals surface area contributed by atoms with E-state index in [1.165, 1.54) is 0 Å². The van der Waals surface area contributed by atoms with Crippen molar-refractivity contribution in [3.8, 4) is 0 Å². The topological polar surface area (TPSA) is 63.6 Å². The van der Waals surface area contributed by atoms with Crippen LogP contribution in [0.3, 0.4) is 0 Å². The first-order chi connectivity index (χ1) is 8.08. The lowest BCUT2D eigenvalue weighted by atomic mass is 10.0. The number of hydrogen-bond acceptors (Lipinski definition) is 3. The summed E-state index contributed by atoms with van der Waals surface area (Å²) in [6.07, 6.45) is -0.216. The van der Waals surface area contributed by atoms with E-state index in [9.17, 15) is 9.59 Å². The molecular formula is C12H11BrO4. The van der Waals surface area contributed by atoms with Gasteiger partial charge in [0.15, 0.2) is 5.78 Å². The Balaban J connectivity index is 2.17. The summed E-state index contributed by atoms with van der Waals surface area (Å²) >= 11 is 3.10. The van der Waals surface area contributed by atoms with Crippen molar-refractivity contribution < 1.29 is 19.4 Å². The Morgan fingerprint density at radius 2 is 2.06 bits per heavy atom. The van der Waals surface area contributed by atoms with Gasteiger partial charge in [-0.3, -0.25) is 9.59 Å². The molecule has 0 amide bonds.